The van der Waals surface area contributed by atoms with Crippen molar-refractivity contribution in [2.75, 3.05) is 19.5 Å². The maximum Gasteiger partial charge on any atom is 0.242 e. The van der Waals surface area contributed by atoms with E-state index in [1.807, 2.05) is 0 Å². The smallest absolute Gasteiger partial charge is 0.242 e. The van der Waals surface area contributed by atoms with Gasteiger partial charge in [0, 0.05) is 10.5 Å². The Bertz CT molecular complexity index is 885. The lowest BCUT2D eigenvalue weighted by Gasteiger charge is -2.16. The second-order valence-electron chi connectivity index (χ2n) is 5.35. The van der Waals surface area contributed by atoms with E-state index in [0.717, 1.165) is 4.47 Å². The second-order valence-corrected chi connectivity index (χ2v) is 7.98. The number of ether oxygens (including phenoxy) is 2. The van der Waals surface area contributed by atoms with Crippen LogP contribution in [0.15, 0.2) is 51.8 Å². The van der Waals surface area contributed by atoms with Crippen LogP contribution in [0.5, 0.6) is 11.5 Å². The minimum absolute atomic E-state index is 0.0688. The summed E-state index contributed by atoms with van der Waals surface area (Å²) >= 11 is 3.25. The normalized spacial score (nSPS) is 12.3. The van der Waals surface area contributed by atoms with Crippen LogP contribution in [-0.4, -0.2) is 34.6 Å². The van der Waals surface area contributed by atoms with Crippen molar-refractivity contribution >= 4 is 37.5 Å². The molecule has 0 aliphatic rings. The number of halogens is 1. The Hall–Kier alpha value is -2.10. The molecule has 2 rings (SSSR count). The molecule has 0 aromatic heterocycles. The summed E-state index contributed by atoms with van der Waals surface area (Å²) in [5, 5.41) is 2.64. The maximum absolute atomic E-state index is 12.4. The Balaban J connectivity index is 2.14. The van der Waals surface area contributed by atoms with E-state index >= 15 is 0 Å². The van der Waals surface area contributed by atoms with E-state index in [9.17, 15) is 13.2 Å². The van der Waals surface area contributed by atoms with E-state index in [-0.39, 0.29) is 4.90 Å². The summed E-state index contributed by atoms with van der Waals surface area (Å²) in [4.78, 5) is 12.5. The number of hydrogen-bond donors (Lipinski definition) is 2. The standard InChI is InChI=1S/C17H19BrN2O5S/c1-11(20-26(22,23)14-7-4-12(18)5-8-14)17(21)19-15-10-13(24-2)6-9-16(15)25-3/h4-11,20H,1-3H3,(H,19,21)/t11-/m0/s1. The Morgan fingerprint density at radius 1 is 1.08 bits per heavy atom. The number of anilines is 1. The predicted octanol–water partition coefficient (Wildman–Crippen LogP) is 2.77. The summed E-state index contributed by atoms with van der Waals surface area (Å²) in [7, 11) is -0.858. The monoisotopic (exact) mass is 442 g/mol. The summed E-state index contributed by atoms with van der Waals surface area (Å²) in [6.45, 7) is 1.46. The first-order valence-electron chi connectivity index (χ1n) is 7.57. The fourth-order valence-corrected chi connectivity index (χ4v) is 3.59. The maximum atomic E-state index is 12.4. The highest BCUT2D eigenvalue weighted by Gasteiger charge is 2.23. The van der Waals surface area contributed by atoms with E-state index in [1.54, 1.807) is 30.3 Å². The van der Waals surface area contributed by atoms with Gasteiger partial charge in [-0.25, -0.2) is 8.42 Å². The Morgan fingerprint density at radius 3 is 2.31 bits per heavy atom. The van der Waals surface area contributed by atoms with Crippen molar-refractivity contribution in [3.05, 3.63) is 46.9 Å². The lowest BCUT2D eigenvalue weighted by molar-refractivity contribution is -0.117. The molecule has 1 atom stereocenters. The van der Waals surface area contributed by atoms with Gasteiger partial charge < -0.3 is 14.8 Å². The molecule has 0 radical (unpaired) electrons. The highest BCUT2D eigenvalue weighted by molar-refractivity contribution is 9.10. The molecule has 7 nitrogen and oxygen atoms in total. The molecule has 2 N–H and O–H groups in total. The van der Waals surface area contributed by atoms with Crippen molar-refractivity contribution < 1.29 is 22.7 Å². The van der Waals surface area contributed by atoms with Gasteiger partial charge in [-0.3, -0.25) is 4.79 Å². The Morgan fingerprint density at radius 2 is 1.73 bits per heavy atom. The molecule has 2 aromatic rings. The van der Waals surface area contributed by atoms with Crippen molar-refractivity contribution in [1.82, 2.24) is 4.72 Å². The summed E-state index contributed by atoms with van der Waals surface area (Å²) in [5.74, 6) is 0.434. The van der Waals surface area contributed by atoms with Crippen LogP contribution in [0.25, 0.3) is 0 Å². The van der Waals surface area contributed by atoms with Gasteiger partial charge in [-0.2, -0.15) is 4.72 Å². The van der Waals surface area contributed by atoms with Crippen LogP contribution in [0.4, 0.5) is 5.69 Å². The van der Waals surface area contributed by atoms with Crippen molar-refractivity contribution in [3.63, 3.8) is 0 Å². The van der Waals surface area contributed by atoms with Gasteiger partial charge in [-0.15, -0.1) is 0 Å². The number of nitrogens with one attached hydrogen (secondary N) is 2. The molecule has 0 saturated heterocycles. The van der Waals surface area contributed by atoms with Gasteiger partial charge in [-0.1, -0.05) is 15.9 Å². The zero-order chi connectivity index (χ0) is 19.3. The molecule has 0 spiro atoms. The average Bonchev–Trinajstić information content (AvgIpc) is 2.61. The van der Waals surface area contributed by atoms with E-state index in [2.05, 4.69) is 26.0 Å². The van der Waals surface area contributed by atoms with Crippen LogP contribution in [0.3, 0.4) is 0 Å². The van der Waals surface area contributed by atoms with Gasteiger partial charge in [0.1, 0.15) is 11.5 Å². The van der Waals surface area contributed by atoms with Crippen molar-refractivity contribution in [2.45, 2.75) is 17.9 Å². The van der Waals surface area contributed by atoms with Gasteiger partial charge in [0.2, 0.25) is 15.9 Å². The predicted molar refractivity (Wildman–Crippen MR) is 102 cm³/mol. The molecular weight excluding hydrogens is 424 g/mol. The second kappa shape index (κ2) is 8.52. The zero-order valence-corrected chi connectivity index (χ0v) is 16.8. The van der Waals surface area contributed by atoms with Crippen LogP contribution in [-0.2, 0) is 14.8 Å². The summed E-state index contributed by atoms with van der Waals surface area (Å²) in [5.41, 5.74) is 0.381. The number of rotatable bonds is 7. The van der Waals surface area contributed by atoms with Crippen LogP contribution in [0.1, 0.15) is 6.92 Å². The van der Waals surface area contributed by atoms with Crippen molar-refractivity contribution in [3.8, 4) is 11.5 Å². The van der Waals surface area contributed by atoms with Gasteiger partial charge in [-0.05, 0) is 43.3 Å². The first kappa shape index (κ1) is 20.2. The first-order valence-corrected chi connectivity index (χ1v) is 9.85. The number of methoxy groups -OCH3 is 2. The zero-order valence-electron chi connectivity index (χ0n) is 14.4. The van der Waals surface area contributed by atoms with Gasteiger partial charge in [0.25, 0.3) is 0 Å². The minimum atomic E-state index is -3.83. The average molecular weight is 443 g/mol. The molecule has 140 valence electrons. The molecule has 0 aliphatic carbocycles. The molecule has 9 heteroatoms. The topological polar surface area (TPSA) is 93.7 Å². The molecule has 0 unspecified atom stereocenters. The van der Waals surface area contributed by atoms with Crippen molar-refractivity contribution in [1.29, 1.82) is 0 Å². The number of sulfonamides is 1. The van der Waals surface area contributed by atoms with E-state index in [0.29, 0.717) is 17.2 Å². The Kier molecular flexibility index (Phi) is 6.63. The third-order valence-corrected chi connectivity index (χ3v) is 5.60. The molecule has 1 amide bonds. The van der Waals surface area contributed by atoms with Gasteiger partial charge >= 0.3 is 0 Å². The summed E-state index contributed by atoms with van der Waals surface area (Å²) in [6.07, 6.45) is 0. The number of carbonyl (C=O) groups excluding carboxylic acids is 1. The fourth-order valence-electron chi connectivity index (χ4n) is 2.12. The summed E-state index contributed by atoms with van der Waals surface area (Å²) < 4.78 is 38.2. The molecule has 26 heavy (non-hydrogen) atoms. The van der Waals surface area contributed by atoms with Crippen LogP contribution in [0.2, 0.25) is 0 Å². The highest BCUT2D eigenvalue weighted by atomic mass is 79.9. The molecule has 0 bridgehead atoms. The first-order chi connectivity index (χ1) is 12.3. The third-order valence-electron chi connectivity index (χ3n) is 3.51. The van der Waals surface area contributed by atoms with Crippen LogP contribution < -0.4 is 19.5 Å². The van der Waals surface area contributed by atoms with Crippen molar-refractivity contribution in [2.24, 2.45) is 0 Å². The number of amides is 1. The van der Waals surface area contributed by atoms with Crippen LogP contribution in [0, 0.1) is 0 Å². The van der Waals surface area contributed by atoms with Gasteiger partial charge in [0.05, 0.1) is 30.8 Å². The molecular formula is C17H19BrN2O5S. The molecule has 0 saturated carbocycles. The fraction of sp³-hybridized carbons (Fsp3) is 0.235. The van der Waals surface area contributed by atoms with E-state index in [4.69, 9.17) is 9.47 Å². The highest BCUT2D eigenvalue weighted by Crippen LogP contribution is 2.29. The van der Waals surface area contributed by atoms with Gasteiger partial charge in [0.15, 0.2) is 0 Å². The van der Waals surface area contributed by atoms with Crippen LogP contribution >= 0.6 is 15.9 Å². The molecule has 0 aliphatic heterocycles. The summed E-state index contributed by atoms with van der Waals surface area (Å²) in [6, 6.07) is 10.0. The lowest BCUT2D eigenvalue weighted by Crippen LogP contribution is -2.41. The SMILES string of the molecule is COc1ccc(OC)c(NC(=O)[C@H](C)NS(=O)(=O)c2ccc(Br)cc2)c1. The van der Waals surface area contributed by atoms with E-state index in [1.165, 1.54) is 33.3 Å². The Labute approximate surface area is 160 Å². The molecule has 2 aromatic carbocycles. The minimum Gasteiger partial charge on any atom is -0.497 e. The molecule has 0 fully saturated rings. The number of benzene rings is 2. The largest absolute Gasteiger partial charge is 0.497 e. The molecule has 0 heterocycles. The lowest BCUT2D eigenvalue weighted by atomic mass is 10.2. The number of carbonyl (C=O) groups is 1. The van der Waals surface area contributed by atoms with E-state index < -0.39 is 22.0 Å². The quantitative estimate of drug-likeness (QED) is 0.687. The number of hydrogen-bond acceptors (Lipinski definition) is 5. The third kappa shape index (κ3) is 4.96.